The molecule has 0 aliphatic carbocycles. The number of allylic oxidation sites excluding steroid dienone is 2. The molecule has 1 heteroatoms. The molecule has 0 aromatic carbocycles. The number of unbranched alkanes of at least 4 members (excludes halogenated alkanes) is 3. The highest BCUT2D eigenvalue weighted by Gasteiger charge is 1.88. The van der Waals surface area contributed by atoms with E-state index >= 15 is 0 Å². The van der Waals surface area contributed by atoms with Crippen LogP contribution in [-0.2, 0) is 4.74 Å². The Balaban J connectivity index is 2.81. The fourth-order valence-corrected chi connectivity index (χ4v) is 0.992. The molecule has 0 rings (SSSR count). The minimum Gasteiger partial charge on any atom is -0.376 e. The Morgan fingerprint density at radius 1 is 1.17 bits per heavy atom. The van der Waals surface area contributed by atoms with Crippen molar-refractivity contribution in [3.8, 4) is 0 Å². The molecule has 0 aromatic heterocycles. The van der Waals surface area contributed by atoms with Gasteiger partial charge in [0.05, 0.1) is 6.61 Å². The second kappa shape index (κ2) is 10.7. The van der Waals surface area contributed by atoms with Gasteiger partial charge in [0.15, 0.2) is 0 Å². The first-order chi connectivity index (χ1) is 5.91. The van der Waals surface area contributed by atoms with E-state index in [4.69, 9.17) is 4.74 Å². The van der Waals surface area contributed by atoms with Crippen molar-refractivity contribution in [2.75, 3.05) is 6.61 Å². The molecule has 71 valence electrons. The highest BCUT2D eigenvalue weighted by atomic mass is 16.5. The normalized spacial score (nSPS) is 11.2. The molecule has 0 saturated heterocycles. The lowest BCUT2D eigenvalue weighted by Gasteiger charge is -2.00. The summed E-state index contributed by atoms with van der Waals surface area (Å²) in [6.07, 6.45) is 10.3. The Labute approximate surface area is 76.8 Å². The van der Waals surface area contributed by atoms with Gasteiger partial charge >= 0.3 is 0 Å². The van der Waals surface area contributed by atoms with E-state index < -0.39 is 0 Å². The summed E-state index contributed by atoms with van der Waals surface area (Å²) < 4.78 is 5.25. The molecule has 0 heterocycles. The summed E-state index contributed by atoms with van der Waals surface area (Å²) in [4.78, 5) is 0. The van der Waals surface area contributed by atoms with Gasteiger partial charge in [-0.3, -0.25) is 0 Å². The van der Waals surface area contributed by atoms with E-state index in [0.717, 1.165) is 13.0 Å². The number of hydrogen-bond donors (Lipinski definition) is 0. The molecule has 0 unspecified atom stereocenters. The Bertz CT molecular complexity index is 97.2. The molecule has 0 amide bonds. The smallest absolute Gasteiger partial charge is 0.0833 e. The van der Waals surface area contributed by atoms with Crippen molar-refractivity contribution in [3.63, 3.8) is 0 Å². The Morgan fingerprint density at radius 2 is 2.00 bits per heavy atom. The van der Waals surface area contributed by atoms with Gasteiger partial charge in [-0.2, -0.15) is 0 Å². The molecule has 0 N–H and O–H groups in total. The van der Waals surface area contributed by atoms with Gasteiger partial charge in [-0.05, 0) is 32.6 Å². The SMILES string of the molecule is C/C=C/CCCCCO[CH]CC. The topological polar surface area (TPSA) is 9.23 Å². The van der Waals surface area contributed by atoms with Gasteiger partial charge in [-0.15, -0.1) is 0 Å². The van der Waals surface area contributed by atoms with Gasteiger partial charge < -0.3 is 4.74 Å². The molecule has 0 bridgehead atoms. The second-order valence-electron chi connectivity index (χ2n) is 2.86. The summed E-state index contributed by atoms with van der Waals surface area (Å²) in [5.41, 5.74) is 0. The Kier molecular flexibility index (Phi) is 10.4. The van der Waals surface area contributed by atoms with Crippen molar-refractivity contribution in [2.24, 2.45) is 0 Å². The van der Waals surface area contributed by atoms with Crippen LogP contribution in [0.3, 0.4) is 0 Å². The van der Waals surface area contributed by atoms with Gasteiger partial charge in [-0.25, -0.2) is 0 Å². The fourth-order valence-electron chi connectivity index (χ4n) is 0.992. The van der Waals surface area contributed by atoms with E-state index in [1.807, 2.05) is 6.61 Å². The Morgan fingerprint density at radius 3 is 2.67 bits per heavy atom. The minimum absolute atomic E-state index is 0.893. The quantitative estimate of drug-likeness (QED) is 0.397. The van der Waals surface area contributed by atoms with Crippen LogP contribution in [0, 0.1) is 6.61 Å². The molecule has 0 saturated carbocycles. The largest absolute Gasteiger partial charge is 0.376 e. The van der Waals surface area contributed by atoms with E-state index in [1.54, 1.807) is 0 Å². The first kappa shape index (κ1) is 11.7. The van der Waals surface area contributed by atoms with Gasteiger partial charge in [0.25, 0.3) is 0 Å². The van der Waals surface area contributed by atoms with Gasteiger partial charge in [0, 0.05) is 6.61 Å². The summed E-state index contributed by atoms with van der Waals surface area (Å²) in [5.74, 6) is 0. The number of ether oxygens (including phenoxy) is 1. The third-order valence-electron chi connectivity index (χ3n) is 1.65. The predicted octanol–water partition coefficient (Wildman–Crippen LogP) is 3.71. The first-order valence-electron chi connectivity index (χ1n) is 4.96. The molecule has 0 spiro atoms. The van der Waals surface area contributed by atoms with E-state index in [9.17, 15) is 0 Å². The zero-order valence-corrected chi connectivity index (χ0v) is 8.38. The minimum atomic E-state index is 0.893. The van der Waals surface area contributed by atoms with E-state index in [1.165, 1.54) is 25.7 Å². The maximum absolute atomic E-state index is 5.25. The van der Waals surface area contributed by atoms with Crippen LogP contribution in [-0.4, -0.2) is 6.61 Å². The molecule has 0 aliphatic heterocycles. The molecule has 0 aliphatic rings. The zero-order chi connectivity index (χ0) is 9.07. The summed E-state index contributed by atoms with van der Waals surface area (Å²) >= 11 is 0. The third kappa shape index (κ3) is 9.70. The van der Waals surface area contributed by atoms with Crippen LogP contribution in [0.15, 0.2) is 12.2 Å². The maximum Gasteiger partial charge on any atom is 0.0833 e. The first-order valence-corrected chi connectivity index (χ1v) is 4.96. The number of rotatable bonds is 8. The van der Waals surface area contributed by atoms with Crippen molar-refractivity contribution in [3.05, 3.63) is 18.8 Å². The average Bonchev–Trinajstić information content (AvgIpc) is 2.10. The number of hydrogen-bond acceptors (Lipinski definition) is 1. The maximum atomic E-state index is 5.25. The highest BCUT2D eigenvalue weighted by Crippen LogP contribution is 2.01. The zero-order valence-electron chi connectivity index (χ0n) is 8.38. The standard InChI is InChI=1S/C11H21O/c1-3-5-6-7-8-9-11-12-10-4-2/h3,5,10H,4,6-9,11H2,1-2H3/b5-3+. The van der Waals surface area contributed by atoms with Crippen LogP contribution in [0.1, 0.15) is 46.0 Å². The Hall–Kier alpha value is -0.300. The van der Waals surface area contributed by atoms with Crippen LogP contribution in [0.2, 0.25) is 0 Å². The van der Waals surface area contributed by atoms with Crippen LogP contribution in [0.25, 0.3) is 0 Å². The molecule has 1 nitrogen and oxygen atoms in total. The molecule has 0 fully saturated rings. The molecule has 0 atom stereocenters. The summed E-state index contributed by atoms with van der Waals surface area (Å²) in [7, 11) is 0. The lowest BCUT2D eigenvalue weighted by atomic mass is 10.2. The van der Waals surface area contributed by atoms with Crippen molar-refractivity contribution in [1.29, 1.82) is 0 Å². The predicted molar refractivity (Wildman–Crippen MR) is 53.8 cm³/mol. The van der Waals surface area contributed by atoms with E-state index in [-0.39, 0.29) is 0 Å². The second-order valence-corrected chi connectivity index (χ2v) is 2.86. The lowest BCUT2D eigenvalue weighted by molar-refractivity contribution is 0.188. The summed E-state index contributed by atoms with van der Waals surface area (Å²) in [6, 6.07) is 0. The van der Waals surface area contributed by atoms with Gasteiger partial charge in [0.1, 0.15) is 0 Å². The molecule has 0 aromatic rings. The monoisotopic (exact) mass is 169 g/mol. The molecular formula is C11H21O. The third-order valence-corrected chi connectivity index (χ3v) is 1.65. The molecular weight excluding hydrogens is 148 g/mol. The van der Waals surface area contributed by atoms with E-state index in [2.05, 4.69) is 26.0 Å². The fraction of sp³-hybridized carbons (Fsp3) is 0.727. The molecule has 12 heavy (non-hydrogen) atoms. The van der Waals surface area contributed by atoms with Gasteiger partial charge in [-0.1, -0.05) is 25.5 Å². The summed E-state index contributed by atoms with van der Waals surface area (Å²) in [6.45, 7) is 6.93. The van der Waals surface area contributed by atoms with Crippen molar-refractivity contribution >= 4 is 0 Å². The highest BCUT2D eigenvalue weighted by molar-refractivity contribution is 4.76. The summed E-state index contributed by atoms with van der Waals surface area (Å²) in [5, 5.41) is 0. The average molecular weight is 169 g/mol. The van der Waals surface area contributed by atoms with Crippen molar-refractivity contribution in [1.82, 2.24) is 0 Å². The van der Waals surface area contributed by atoms with Crippen LogP contribution < -0.4 is 0 Å². The van der Waals surface area contributed by atoms with Crippen LogP contribution in [0.4, 0.5) is 0 Å². The van der Waals surface area contributed by atoms with Crippen molar-refractivity contribution < 1.29 is 4.74 Å². The molecule has 1 radical (unpaired) electrons. The lowest BCUT2D eigenvalue weighted by Crippen LogP contribution is -1.90. The van der Waals surface area contributed by atoms with Crippen LogP contribution >= 0.6 is 0 Å². The van der Waals surface area contributed by atoms with E-state index in [0.29, 0.717) is 0 Å². The van der Waals surface area contributed by atoms with Crippen molar-refractivity contribution in [2.45, 2.75) is 46.0 Å². The van der Waals surface area contributed by atoms with Crippen LogP contribution in [0.5, 0.6) is 0 Å². The van der Waals surface area contributed by atoms with Gasteiger partial charge in [0.2, 0.25) is 0 Å².